The number of hydrogen-bond acceptors (Lipinski definition) is 9. The second kappa shape index (κ2) is 9.15. The van der Waals surface area contributed by atoms with Gasteiger partial charge in [-0.15, -0.1) is 0 Å². The van der Waals surface area contributed by atoms with E-state index in [1.54, 1.807) is 18.2 Å². The van der Waals surface area contributed by atoms with Crippen LogP contribution in [0.2, 0.25) is 5.15 Å². The molecule has 3 heterocycles. The van der Waals surface area contributed by atoms with Gasteiger partial charge in [-0.25, -0.2) is 9.97 Å². The molecular formula is C17H15ClF3N7O2. The van der Waals surface area contributed by atoms with Crippen molar-refractivity contribution >= 4 is 29.3 Å². The van der Waals surface area contributed by atoms with Gasteiger partial charge in [0.1, 0.15) is 22.4 Å². The third kappa shape index (κ3) is 5.49. The van der Waals surface area contributed by atoms with Crippen LogP contribution >= 0.6 is 11.6 Å². The highest BCUT2D eigenvalue weighted by atomic mass is 35.5. The summed E-state index contributed by atoms with van der Waals surface area (Å²) in [5.41, 5.74) is -1.26. The third-order valence-corrected chi connectivity index (χ3v) is 3.84. The van der Waals surface area contributed by atoms with Crippen LogP contribution in [0.3, 0.4) is 0 Å². The maximum absolute atomic E-state index is 13.0. The zero-order chi connectivity index (χ0) is 21.7. The van der Waals surface area contributed by atoms with Crippen LogP contribution in [0, 0.1) is 0 Å². The summed E-state index contributed by atoms with van der Waals surface area (Å²) in [6.45, 7) is -0.865. The monoisotopic (exact) mass is 441 g/mol. The van der Waals surface area contributed by atoms with Gasteiger partial charge in [-0.3, -0.25) is 0 Å². The van der Waals surface area contributed by atoms with Gasteiger partial charge in [0, 0.05) is 0 Å². The first-order valence-corrected chi connectivity index (χ1v) is 8.85. The zero-order valence-corrected chi connectivity index (χ0v) is 15.9. The van der Waals surface area contributed by atoms with Gasteiger partial charge < -0.3 is 20.8 Å². The van der Waals surface area contributed by atoms with E-state index in [2.05, 4.69) is 35.6 Å². The van der Waals surface area contributed by atoms with E-state index in [0.29, 0.717) is 0 Å². The minimum atomic E-state index is -4.64. The lowest BCUT2D eigenvalue weighted by Gasteiger charge is -2.15. The summed E-state index contributed by atoms with van der Waals surface area (Å²) in [6, 6.07) is 7.27. The van der Waals surface area contributed by atoms with Crippen LogP contribution in [0.5, 0.6) is 0 Å². The molecule has 0 spiro atoms. The normalized spacial score (nSPS) is 11.6. The van der Waals surface area contributed by atoms with E-state index in [-0.39, 0.29) is 34.4 Å². The number of aliphatic hydroxyl groups is 2. The summed E-state index contributed by atoms with van der Waals surface area (Å²) in [5.74, 6) is -0.0517. The molecule has 9 nitrogen and oxygen atoms in total. The van der Waals surface area contributed by atoms with E-state index in [1.807, 2.05) is 0 Å². The van der Waals surface area contributed by atoms with Crippen molar-refractivity contribution in [1.82, 2.24) is 24.9 Å². The van der Waals surface area contributed by atoms with E-state index >= 15 is 0 Å². The van der Waals surface area contributed by atoms with E-state index < -0.39 is 31.1 Å². The Morgan fingerprint density at radius 3 is 2.27 bits per heavy atom. The average molecular weight is 442 g/mol. The van der Waals surface area contributed by atoms with Gasteiger partial charge in [0.2, 0.25) is 11.9 Å². The van der Waals surface area contributed by atoms with Gasteiger partial charge >= 0.3 is 6.18 Å². The van der Waals surface area contributed by atoms with Crippen molar-refractivity contribution in [2.24, 2.45) is 0 Å². The molecule has 0 atom stereocenters. The number of hydrogen-bond donors (Lipinski definition) is 4. The van der Waals surface area contributed by atoms with Crippen molar-refractivity contribution in [3.05, 3.63) is 47.2 Å². The number of nitrogens with one attached hydrogen (secondary N) is 2. The number of aromatic nitrogens is 5. The summed E-state index contributed by atoms with van der Waals surface area (Å²) in [6.07, 6.45) is -4.64. The van der Waals surface area contributed by atoms with Crippen molar-refractivity contribution in [3.63, 3.8) is 0 Å². The Bertz CT molecular complexity index is 1020. The highest BCUT2D eigenvalue weighted by molar-refractivity contribution is 6.29. The third-order valence-electron chi connectivity index (χ3n) is 3.63. The molecule has 0 aliphatic carbocycles. The molecule has 0 aliphatic heterocycles. The highest BCUT2D eigenvalue weighted by Gasteiger charge is 2.32. The van der Waals surface area contributed by atoms with E-state index in [1.165, 1.54) is 12.1 Å². The molecule has 0 fully saturated rings. The summed E-state index contributed by atoms with van der Waals surface area (Å²) < 4.78 is 39.0. The fourth-order valence-corrected chi connectivity index (χ4v) is 2.42. The lowest BCUT2D eigenvalue weighted by Crippen LogP contribution is -2.29. The maximum Gasteiger partial charge on any atom is 0.433 e. The molecule has 3 aromatic rings. The second-order valence-electron chi connectivity index (χ2n) is 5.89. The fourth-order valence-electron chi connectivity index (χ4n) is 2.25. The number of pyridine rings is 2. The SMILES string of the molecule is OCC(CO)Nc1nc(Nc2cccc(Cl)n2)nc(-c2cccc(C(F)(F)F)n2)n1. The minimum absolute atomic E-state index is 0.0638. The zero-order valence-electron chi connectivity index (χ0n) is 15.1. The molecule has 13 heteroatoms. The van der Waals surface area contributed by atoms with Crippen LogP contribution in [0.1, 0.15) is 5.69 Å². The Morgan fingerprint density at radius 1 is 0.900 bits per heavy atom. The molecule has 0 amide bonds. The summed E-state index contributed by atoms with van der Waals surface area (Å²) in [4.78, 5) is 19.8. The predicted molar refractivity (Wildman–Crippen MR) is 102 cm³/mol. The van der Waals surface area contributed by atoms with Crippen LogP contribution < -0.4 is 10.6 Å². The Balaban J connectivity index is 2.03. The van der Waals surface area contributed by atoms with Crippen molar-refractivity contribution in [2.75, 3.05) is 23.8 Å². The maximum atomic E-state index is 13.0. The first-order valence-electron chi connectivity index (χ1n) is 8.47. The van der Waals surface area contributed by atoms with Crippen molar-refractivity contribution in [1.29, 1.82) is 0 Å². The van der Waals surface area contributed by atoms with E-state index in [4.69, 9.17) is 11.6 Å². The predicted octanol–water partition coefficient (Wildman–Crippen LogP) is 2.51. The van der Waals surface area contributed by atoms with Crippen LogP contribution in [0.25, 0.3) is 11.5 Å². The number of alkyl halides is 3. The molecule has 0 bridgehead atoms. The number of nitrogens with zero attached hydrogens (tertiary/aromatic N) is 5. The van der Waals surface area contributed by atoms with Crippen molar-refractivity contribution in [2.45, 2.75) is 12.2 Å². The largest absolute Gasteiger partial charge is 0.433 e. The molecule has 158 valence electrons. The first-order chi connectivity index (χ1) is 14.3. The molecule has 4 N–H and O–H groups in total. The Labute approximate surface area is 173 Å². The smallest absolute Gasteiger partial charge is 0.394 e. The minimum Gasteiger partial charge on any atom is -0.394 e. The molecular weight excluding hydrogens is 427 g/mol. The standard InChI is InChI=1S/C17H15ClF3N7O2/c18-12-5-2-6-13(24-12)25-16-27-14(26-15(28-16)22-9(7-29)8-30)10-3-1-4-11(23-10)17(19,20)21/h1-6,9,29-30H,7-8H2,(H2,22,24,25,26,27,28). The number of halogens is 4. The number of aliphatic hydroxyl groups excluding tert-OH is 2. The topological polar surface area (TPSA) is 129 Å². The average Bonchev–Trinajstić information content (AvgIpc) is 2.71. The molecule has 0 saturated heterocycles. The molecule has 0 aliphatic rings. The molecule has 0 radical (unpaired) electrons. The fraction of sp³-hybridized carbons (Fsp3) is 0.235. The number of rotatable bonds is 7. The summed E-state index contributed by atoms with van der Waals surface area (Å²) >= 11 is 5.85. The van der Waals surface area contributed by atoms with Gasteiger partial charge in [0.25, 0.3) is 0 Å². The summed E-state index contributed by atoms with van der Waals surface area (Å²) in [5, 5.41) is 24.2. The Morgan fingerprint density at radius 2 is 1.60 bits per heavy atom. The summed E-state index contributed by atoms with van der Waals surface area (Å²) in [7, 11) is 0. The molecule has 30 heavy (non-hydrogen) atoms. The molecule has 0 unspecified atom stereocenters. The molecule has 3 aromatic heterocycles. The van der Waals surface area contributed by atoms with Gasteiger partial charge in [-0.1, -0.05) is 23.7 Å². The van der Waals surface area contributed by atoms with Gasteiger partial charge in [0.05, 0.1) is 19.3 Å². The highest BCUT2D eigenvalue weighted by Crippen LogP contribution is 2.29. The van der Waals surface area contributed by atoms with E-state index in [9.17, 15) is 23.4 Å². The second-order valence-corrected chi connectivity index (χ2v) is 6.28. The lowest BCUT2D eigenvalue weighted by atomic mass is 10.3. The van der Waals surface area contributed by atoms with Crippen LogP contribution in [0.4, 0.5) is 30.9 Å². The van der Waals surface area contributed by atoms with Crippen LogP contribution in [-0.4, -0.2) is 54.4 Å². The van der Waals surface area contributed by atoms with Gasteiger partial charge in [-0.05, 0) is 24.3 Å². The van der Waals surface area contributed by atoms with Crippen molar-refractivity contribution in [3.8, 4) is 11.5 Å². The Kier molecular flexibility index (Phi) is 6.59. The van der Waals surface area contributed by atoms with Crippen molar-refractivity contribution < 1.29 is 23.4 Å². The van der Waals surface area contributed by atoms with E-state index in [0.717, 1.165) is 6.07 Å². The van der Waals surface area contributed by atoms with Crippen LogP contribution in [0.15, 0.2) is 36.4 Å². The molecule has 3 rings (SSSR count). The number of anilines is 3. The first kappa shape index (κ1) is 21.6. The molecule has 0 aromatic carbocycles. The van der Waals surface area contributed by atoms with Gasteiger partial charge in [0.15, 0.2) is 5.82 Å². The quantitative estimate of drug-likeness (QED) is 0.408. The van der Waals surface area contributed by atoms with Crippen LogP contribution in [-0.2, 0) is 6.18 Å². The van der Waals surface area contributed by atoms with Gasteiger partial charge in [-0.2, -0.15) is 28.1 Å². The molecule has 0 saturated carbocycles. The lowest BCUT2D eigenvalue weighted by molar-refractivity contribution is -0.141. The Hall–Kier alpha value is -3.09.